The fourth-order valence-electron chi connectivity index (χ4n) is 1.12. The quantitative estimate of drug-likeness (QED) is 0.786. The van der Waals surface area contributed by atoms with Gasteiger partial charge in [0.25, 0.3) is 0 Å². The SMILES string of the molecule is CN(C)CCOc1ccc(NC(N)=O)cc1. The first-order valence-corrected chi connectivity index (χ1v) is 5.02. The number of ether oxygens (including phenoxy) is 1. The molecule has 0 radical (unpaired) electrons. The number of benzene rings is 1. The molecule has 1 aromatic carbocycles. The molecule has 0 atom stereocenters. The molecule has 3 N–H and O–H groups in total. The van der Waals surface area contributed by atoms with Crippen molar-refractivity contribution in [2.75, 3.05) is 32.6 Å². The molecule has 1 rings (SSSR count). The molecule has 5 heteroatoms. The van der Waals surface area contributed by atoms with Crippen LogP contribution in [0.25, 0.3) is 0 Å². The lowest BCUT2D eigenvalue weighted by Gasteiger charge is -2.11. The molecule has 0 saturated carbocycles. The summed E-state index contributed by atoms with van der Waals surface area (Å²) < 4.78 is 5.49. The molecule has 0 aromatic heterocycles. The third-order valence-corrected chi connectivity index (χ3v) is 1.93. The van der Waals surface area contributed by atoms with Crippen molar-refractivity contribution >= 4 is 11.7 Å². The van der Waals surface area contributed by atoms with Gasteiger partial charge in [-0.05, 0) is 38.4 Å². The standard InChI is InChI=1S/C11H17N3O2/c1-14(2)7-8-16-10-5-3-9(4-6-10)13-11(12)15/h3-6H,7-8H2,1-2H3,(H3,12,13,15). The van der Waals surface area contributed by atoms with Gasteiger partial charge < -0.3 is 20.7 Å². The number of hydrogen-bond acceptors (Lipinski definition) is 3. The Hall–Kier alpha value is -1.75. The van der Waals surface area contributed by atoms with E-state index in [2.05, 4.69) is 5.32 Å². The van der Waals surface area contributed by atoms with Crippen molar-refractivity contribution in [2.45, 2.75) is 0 Å². The van der Waals surface area contributed by atoms with Crippen LogP contribution in [0.5, 0.6) is 5.75 Å². The van der Waals surface area contributed by atoms with Crippen molar-refractivity contribution < 1.29 is 9.53 Å². The van der Waals surface area contributed by atoms with E-state index in [0.717, 1.165) is 12.3 Å². The normalized spacial score (nSPS) is 10.2. The molecule has 0 aliphatic rings. The summed E-state index contributed by atoms with van der Waals surface area (Å²) in [5.41, 5.74) is 5.65. The summed E-state index contributed by atoms with van der Waals surface area (Å²) in [6, 6.07) is 6.51. The van der Waals surface area contributed by atoms with E-state index in [1.807, 2.05) is 19.0 Å². The van der Waals surface area contributed by atoms with Crippen molar-refractivity contribution in [1.29, 1.82) is 0 Å². The second kappa shape index (κ2) is 5.97. The van der Waals surface area contributed by atoms with E-state index in [1.54, 1.807) is 24.3 Å². The Morgan fingerprint density at radius 1 is 1.38 bits per heavy atom. The average molecular weight is 223 g/mol. The van der Waals surface area contributed by atoms with Gasteiger partial charge in [-0.15, -0.1) is 0 Å². The Labute approximate surface area is 95.2 Å². The highest BCUT2D eigenvalue weighted by Crippen LogP contribution is 2.15. The number of hydrogen-bond donors (Lipinski definition) is 2. The maximum atomic E-state index is 10.6. The van der Waals surface area contributed by atoms with Gasteiger partial charge in [-0.1, -0.05) is 0 Å². The summed E-state index contributed by atoms with van der Waals surface area (Å²) in [4.78, 5) is 12.6. The monoisotopic (exact) mass is 223 g/mol. The van der Waals surface area contributed by atoms with Crippen LogP contribution >= 0.6 is 0 Å². The smallest absolute Gasteiger partial charge is 0.316 e. The third kappa shape index (κ3) is 4.65. The van der Waals surface area contributed by atoms with Crippen molar-refractivity contribution in [2.24, 2.45) is 5.73 Å². The summed E-state index contributed by atoms with van der Waals surface area (Å²) >= 11 is 0. The molecule has 0 spiro atoms. The molecule has 0 bridgehead atoms. The number of primary amides is 1. The Balaban J connectivity index is 2.42. The lowest BCUT2D eigenvalue weighted by molar-refractivity contribution is 0.259. The summed E-state index contributed by atoms with van der Waals surface area (Å²) in [5, 5.41) is 2.48. The molecule has 5 nitrogen and oxygen atoms in total. The van der Waals surface area contributed by atoms with E-state index >= 15 is 0 Å². The zero-order valence-corrected chi connectivity index (χ0v) is 9.56. The van der Waals surface area contributed by atoms with Gasteiger partial charge in [0.2, 0.25) is 0 Å². The predicted molar refractivity (Wildman–Crippen MR) is 63.7 cm³/mol. The Morgan fingerprint density at radius 3 is 2.50 bits per heavy atom. The number of nitrogens with zero attached hydrogens (tertiary/aromatic N) is 1. The van der Waals surface area contributed by atoms with Crippen LogP contribution in [-0.4, -0.2) is 38.2 Å². The first-order chi connectivity index (χ1) is 7.58. The molecule has 0 aliphatic carbocycles. The van der Waals surface area contributed by atoms with Gasteiger partial charge in [-0.25, -0.2) is 4.79 Å². The molecule has 0 aliphatic heterocycles. The Bertz CT molecular complexity index is 336. The van der Waals surface area contributed by atoms with Crippen LogP contribution in [0, 0.1) is 0 Å². The van der Waals surface area contributed by atoms with Gasteiger partial charge in [0, 0.05) is 12.2 Å². The fraction of sp³-hybridized carbons (Fsp3) is 0.364. The molecule has 2 amide bonds. The van der Waals surface area contributed by atoms with E-state index < -0.39 is 6.03 Å². The first kappa shape index (κ1) is 12.3. The Morgan fingerprint density at radius 2 is 2.00 bits per heavy atom. The molecule has 0 saturated heterocycles. The average Bonchev–Trinajstić information content (AvgIpc) is 2.19. The van der Waals surface area contributed by atoms with Gasteiger partial charge in [-0.2, -0.15) is 0 Å². The molecule has 0 fully saturated rings. The highest BCUT2D eigenvalue weighted by Gasteiger charge is 1.97. The molecule has 0 unspecified atom stereocenters. The number of nitrogens with one attached hydrogen (secondary N) is 1. The van der Waals surface area contributed by atoms with Gasteiger partial charge in [0.15, 0.2) is 0 Å². The highest BCUT2D eigenvalue weighted by molar-refractivity contribution is 5.87. The predicted octanol–water partition coefficient (Wildman–Crippen LogP) is 1.12. The van der Waals surface area contributed by atoms with Crippen molar-refractivity contribution in [3.63, 3.8) is 0 Å². The third-order valence-electron chi connectivity index (χ3n) is 1.93. The van der Waals surface area contributed by atoms with Crippen LogP contribution in [0.15, 0.2) is 24.3 Å². The van der Waals surface area contributed by atoms with Crippen LogP contribution < -0.4 is 15.8 Å². The number of likely N-dealkylation sites (N-methyl/N-ethyl adjacent to an activating group) is 1. The summed E-state index contributed by atoms with van der Waals surface area (Å²) in [5.74, 6) is 0.775. The van der Waals surface area contributed by atoms with Gasteiger partial charge in [0.05, 0.1) is 0 Å². The highest BCUT2D eigenvalue weighted by atomic mass is 16.5. The molecule has 88 valence electrons. The van der Waals surface area contributed by atoms with Crippen LogP contribution in [0.3, 0.4) is 0 Å². The molecular weight excluding hydrogens is 206 g/mol. The van der Waals surface area contributed by atoms with E-state index in [9.17, 15) is 4.79 Å². The summed E-state index contributed by atoms with van der Waals surface area (Å²) in [7, 11) is 3.98. The van der Waals surface area contributed by atoms with Gasteiger partial charge in [-0.3, -0.25) is 0 Å². The topological polar surface area (TPSA) is 67.6 Å². The van der Waals surface area contributed by atoms with E-state index in [4.69, 9.17) is 10.5 Å². The van der Waals surface area contributed by atoms with Crippen molar-refractivity contribution in [3.05, 3.63) is 24.3 Å². The zero-order chi connectivity index (χ0) is 12.0. The minimum Gasteiger partial charge on any atom is -0.492 e. The maximum Gasteiger partial charge on any atom is 0.316 e. The van der Waals surface area contributed by atoms with E-state index in [0.29, 0.717) is 12.3 Å². The summed E-state index contributed by atoms with van der Waals surface area (Å²) in [6.45, 7) is 1.50. The lowest BCUT2D eigenvalue weighted by atomic mass is 10.3. The number of carbonyl (C=O) groups excluding carboxylic acids is 1. The number of rotatable bonds is 5. The van der Waals surface area contributed by atoms with Crippen molar-refractivity contribution in [1.82, 2.24) is 4.90 Å². The van der Waals surface area contributed by atoms with Crippen molar-refractivity contribution in [3.8, 4) is 5.75 Å². The maximum absolute atomic E-state index is 10.6. The number of nitrogens with two attached hydrogens (primary N) is 1. The first-order valence-electron chi connectivity index (χ1n) is 5.02. The van der Waals surface area contributed by atoms with Crippen LogP contribution in [-0.2, 0) is 0 Å². The zero-order valence-electron chi connectivity index (χ0n) is 9.56. The molecule has 1 aromatic rings. The minimum absolute atomic E-state index is 0.568. The number of carbonyl (C=O) groups is 1. The molecular formula is C11H17N3O2. The van der Waals surface area contributed by atoms with E-state index in [-0.39, 0.29) is 0 Å². The Kier molecular flexibility index (Phi) is 4.60. The van der Waals surface area contributed by atoms with Gasteiger partial charge in [0.1, 0.15) is 12.4 Å². The number of urea groups is 1. The van der Waals surface area contributed by atoms with E-state index in [1.165, 1.54) is 0 Å². The van der Waals surface area contributed by atoms with Gasteiger partial charge >= 0.3 is 6.03 Å². The van der Waals surface area contributed by atoms with Crippen LogP contribution in [0.4, 0.5) is 10.5 Å². The largest absolute Gasteiger partial charge is 0.492 e. The second-order valence-electron chi connectivity index (χ2n) is 3.67. The number of amides is 2. The van der Waals surface area contributed by atoms with Crippen LogP contribution in [0.2, 0.25) is 0 Å². The fourth-order valence-corrected chi connectivity index (χ4v) is 1.12. The minimum atomic E-state index is -0.568. The van der Waals surface area contributed by atoms with Crippen LogP contribution in [0.1, 0.15) is 0 Å². The summed E-state index contributed by atoms with van der Waals surface area (Å²) in [6.07, 6.45) is 0. The molecule has 0 heterocycles. The second-order valence-corrected chi connectivity index (χ2v) is 3.67. The lowest BCUT2D eigenvalue weighted by Crippen LogP contribution is -2.20. The molecule has 16 heavy (non-hydrogen) atoms. The number of anilines is 1.